The molecule has 1 aliphatic heterocycles. The van der Waals surface area contributed by atoms with E-state index in [9.17, 15) is 4.79 Å². The first-order chi connectivity index (χ1) is 12.8. The second-order valence-electron chi connectivity index (χ2n) is 6.38. The average molecular weight is 348 g/mol. The van der Waals surface area contributed by atoms with E-state index in [-0.39, 0.29) is 5.91 Å². The quantitative estimate of drug-likeness (QED) is 0.767. The van der Waals surface area contributed by atoms with E-state index < -0.39 is 0 Å². The number of rotatable bonds is 5. The molecule has 6 nitrogen and oxygen atoms in total. The smallest absolute Gasteiger partial charge is 0.287 e. The molecule has 1 aliphatic rings. The van der Waals surface area contributed by atoms with E-state index in [1.807, 2.05) is 36.8 Å². The fourth-order valence-electron chi connectivity index (χ4n) is 3.30. The van der Waals surface area contributed by atoms with E-state index in [4.69, 9.17) is 4.42 Å². The van der Waals surface area contributed by atoms with Crippen molar-refractivity contribution in [2.24, 2.45) is 0 Å². The number of hydrogen-bond acceptors (Lipinski definition) is 5. The topological polar surface area (TPSA) is 71.3 Å². The lowest BCUT2D eigenvalue weighted by atomic mass is 9.97. The molecule has 4 rings (SSSR count). The second kappa shape index (κ2) is 7.49. The molecule has 1 amide bonds. The van der Waals surface area contributed by atoms with Crippen molar-refractivity contribution in [3.63, 3.8) is 0 Å². The van der Waals surface area contributed by atoms with E-state index in [2.05, 4.69) is 20.2 Å². The van der Waals surface area contributed by atoms with Crippen LogP contribution in [-0.2, 0) is 26.1 Å². The fraction of sp³-hybridized carbons (Fsp3) is 0.250. The zero-order valence-corrected chi connectivity index (χ0v) is 14.4. The van der Waals surface area contributed by atoms with Crippen LogP contribution in [-0.4, -0.2) is 27.3 Å². The van der Waals surface area contributed by atoms with E-state index in [1.165, 1.54) is 17.4 Å². The second-order valence-corrected chi connectivity index (χ2v) is 6.38. The van der Waals surface area contributed by atoms with Crippen molar-refractivity contribution in [2.75, 3.05) is 6.54 Å². The van der Waals surface area contributed by atoms with Gasteiger partial charge in [-0.05, 0) is 47.4 Å². The SMILES string of the molecule is O=C(NCc1cncc2c1CCN(Cc1ccccn1)C2)c1ccco1. The summed E-state index contributed by atoms with van der Waals surface area (Å²) in [5.41, 5.74) is 4.65. The number of hydrogen-bond donors (Lipinski definition) is 1. The van der Waals surface area contributed by atoms with Crippen LogP contribution in [0.5, 0.6) is 0 Å². The Labute approximate surface area is 151 Å². The predicted molar refractivity (Wildman–Crippen MR) is 96.2 cm³/mol. The Morgan fingerprint density at radius 2 is 2.19 bits per heavy atom. The lowest BCUT2D eigenvalue weighted by molar-refractivity contribution is 0.0923. The number of furan rings is 1. The number of pyridine rings is 2. The van der Waals surface area contributed by atoms with Crippen LogP contribution in [0.1, 0.15) is 32.9 Å². The Hall–Kier alpha value is -2.99. The summed E-state index contributed by atoms with van der Waals surface area (Å²) in [4.78, 5) is 23.2. The van der Waals surface area contributed by atoms with Gasteiger partial charge in [-0.1, -0.05) is 6.07 Å². The summed E-state index contributed by atoms with van der Waals surface area (Å²) in [6.07, 6.45) is 8.04. The summed E-state index contributed by atoms with van der Waals surface area (Å²) in [7, 11) is 0. The number of nitrogens with one attached hydrogen (secondary N) is 1. The van der Waals surface area contributed by atoms with Gasteiger partial charge in [0.1, 0.15) is 0 Å². The monoisotopic (exact) mass is 348 g/mol. The highest BCUT2D eigenvalue weighted by molar-refractivity contribution is 5.91. The van der Waals surface area contributed by atoms with Crippen molar-refractivity contribution >= 4 is 5.91 Å². The summed E-state index contributed by atoms with van der Waals surface area (Å²) in [5, 5.41) is 2.91. The summed E-state index contributed by atoms with van der Waals surface area (Å²) in [6, 6.07) is 9.36. The Balaban J connectivity index is 1.42. The van der Waals surface area contributed by atoms with E-state index in [0.29, 0.717) is 12.3 Å². The van der Waals surface area contributed by atoms with Crippen molar-refractivity contribution < 1.29 is 9.21 Å². The molecular weight excluding hydrogens is 328 g/mol. The molecule has 0 radical (unpaired) electrons. The molecule has 0 unspecified atom stereocenters. The number of carbonyl (C=O) groups is 1. The van der Waals surface area contributed by atoms with Gasteiger partial charge in [-0.15, -0.1) is 0 Å². The average Bonchev–Trinajstić information content (AvgIpc) is 3.21. The number of nitrogens with zero attached hydrogens (tertiary/aromatic N) is 3. The van der Waals surface area contributed by atoms with Crippen LogP contribution < -0.4 is 5.32 Å². The summed E-state index contributed by atoms with van der Waals surface area (Å²) >= 11 is 0. The van der Waals surface area contributed by atoms with Crippen LogP contribution in [0.4, 0.5) is 0 Å². The molecule has 0 saturated heterocycles. The molecule has 0 atom stereocenters. The van der Waals surface area contributed by atoms with E-state index in [1.54, 1.807) is 12.1 Å². The Morgan fingerprint density at radius 3 is 3.00 bits per heavy atom. The molecule has 1 N–H and O–H groups in total. The number of aromatic nitrogens is 2. The Kier molecular flexibility index (Phi) is 4.75. The fourth-order valence-corrected chi connectivity index (χ4v) is 3.30. The molecule has 4 heterocycles. The standard InChI is InChI=1S/C20H20N4O2/c25-20(19-5-3-9-26-19)23-12-15-10-21-11-16-13-24(8-6-18(15)16)14-17-4-1-2-7-22-17/h1-5,7,9-11H,6,8,12-14H2,(H,23,25). The third kappa shape index (κ3) is 3.65. The molecule has 0 bridgehead atoms. The highest BCUT2D eigenvalue weighted by Crippen LogP contribution is 2.22. The molecule has 3 aromatic heterocycles. The summed E-state index contributed by atoms with van der Waals surface area (Å²) in [5.74, 6) is 0.115. The maximum atomic E-state index is 12.1. The highest BCUT2D eigenvalue weighted by atomic mass is 16.3. The zero-order valence-electron chi connectivity index (χ0n) is 14.4. The van der Waals surface area contributed by atoms with Crippen LogP contribution >= 0.6 is 0 Å². The van der Waals surface area contributed by atoms with Crippen LogP contribution in [0.2, 0.25) is 0 Å². The van der Waals surface area contributed by atoms with Gasteiger partial charge < -0.3 is 9.73 Å². The molecule has 3 aromatic rings. The molecule has 0 spiro atoms. The number of fused-ring (bicyclic) bond motifs is 1. The van der Waals surface area contributed by atoms with Crippen LogP contribution in [0.3, 0.4) is 0 Å². The van der Waals surface area contributed by atoms with Gasteiger partial charge in [0, 0.05) is 44.8 Å². The molecule has 0 aliphatic carbocycles. The Morgan fingerprint density at radius 1 is 1.23 bits per heavy atom. The third-order valence-corrected chi connectivity index (χ3v) is 4.60. The van der Waals surface area contributed by atoms with Crippen molar-refractivity contribution in [3.8, 4) is 0 Å². The lowest BCUT2D eigenvalue weighted by Crippen LogP contribution is -2.32. The number of carbonyl (C=O) groups excluding carboxylic acids is 1. The predicted octanol–water partition coefficient (Wildman–Crippen LogP) is 2.56. The molecule has 132 valence electrons. The normalized spacial score (nSPS) is 14.0. The van der Waals surface area contributed by atoms with Gasteiger partial charge in [0.05, 0.1) is 12.0 Å². The van der Waals surface area contributed by atoms with Gasteiger partial charge in [-0.25, -0.2) is 0 Å². The first kappa shape index (κ1) is 16.5. The molecule has 0 saturated carbocycles. The van der Waals surface area contributed by atoms with Gasteiger partial charge in [0.15, 0.2) is 5.76 Å². The first-order valence-electron chi connectivity index (χ1n) is 8.68. The maximum absolute atomic E-state index is 12.1. The van der Waals surface area contributed by atoms with Crippen LogP contribution in [0.15, 0.2) is 59.6 Å². The van der Waals surface area contributed by atoms with E-state index in [0.717, 1.165) is 37.3 Å². The minimum Gasteiger partial charge on any atom is -0.459 e. The minimum atomic E-state index is -0.208. The molecule has 6 heteroatoms. The highest BCUT2D eigenvalue weighted by Gasteiger charge is 2.20. The molecule has 0 fully saturated rings. The maximum Gasteiger partial charge on any atom is 0.287 e. The molecule has 26 heavy (non-hydrogen) atoms. The van der Waals surface area contributed by atoms with Gasteiger partial charge in [0.2, 0.25) is 0 Å². The largest absolute Gasteiger partial charge is 0.459 e. The first-order valence-corrected chi connectivity index (χ1v) is 8.68. The van der Waals surface area contributed by atoms with Crippen LogP contribution in [0.25, 0.3) is 0 Å². The van der Waals surface area contributed by atoms with Gasteiger partial charge in [-0.3, -0.25) is 19.7 Å². The summed E-state index contributed by atoms with van der Waals surface area (Å²) in [6.45, 7) is 3.10. The Bertz CT molecular complexity index is 878. The lowest BCUT2D eigenvalue weighted by Gasteiger charge is -2.29. The van der Waals surface area contributed by atoms with Crippen molar-refractivity contribution in [2.45, 2.75) is 26.1 Å². The van der Waals surface area contributed by atoms with E-state index >= 15 is 0 Å². The molecular formula is C20H20N4O2. The van der Waals surface area contributed by atoms with Gasteiger partial charge in [0.25, 0.3) is 5.91 Å². The van der Waals surface area contributed by atoms with Crippen LogP contribution in [0, 0.1) is 0 Å². The minimum absolute atomic E-state index is 0.208. The van der Waals surface area contributed by atoms with Crippen molar-refractivity contribution in [3.05, 3.63) is 83.3 Å². The van der Waals surface area contributed by atoms with Crippen molar-refractivity contribution in [1.29, 1.82) is 0 Å². The zero-order chi connectivity index (χ0) is 17.8. The van der Waals surface area contributed by atoms with Crippen molar-refractivity contribution in [1.82, 2.24) is 20.2 Å². The summed E-state index contributed by atoms with van der Waals surface area (Å²) < 4.78 is 5.13. The third-order valence-electron chi connectivity index (χ3n) is 4.60. The molecule has 0 aromatic carbocycles. The van der Waals surface area contributed by atoms with Gasteiger partial charge >= 0.3 is 0 Å². The van der Waals surface area contributed by atoms with Gasteiger partial charge in [-0.2, -0.15) is 0 Å². The number of amides is 1.